The Bertz CT molecular complexity index is 362. The zero-order valence-corrected chi connectivity index (χ0v) is 12.1. The van der Waals surface area contributed by atoms with Crippen molar-refractivity contribution in [2.75, 3.05) is 13.1 Å². The highest BCUT2D eigenvalue weighted by Gasteiger charge is 2.41. The lowest BCUT2D eigenvalue weighted by Crippen LogP contribution is -2.48. The van der Waals surface area contributed by atoms with Gasteiger partial charge >= 0.3 is 5.97 Å². The highest BCUT2D eigenvalue weighted by Crippen LogP contribution is 2.39. The van der Waals surface area contributed by atoms with Crippen molar-refractivity contribution in [3.05, 3.63) is 0 Å². The number of amides is 1. The Morgan fingerprint density at radius 2 is 1.80 bits per heavy atom. The highest BCUT2D eigenvalue weighted by molar-refractivity contribution is 5.85. The Kier molecular flexibility index (Phi) is 5.02. The summed E-state index contributed by atoms with van der Waals surface area (Å²) in [5.41, 5.74) is 5.07. The fraction of sp³-hybridized carbons (Fsp3) is 0.867. The van der Waals surface area contributed by atoms with Gasteiger partial charge in [-0.25, -0.2) is 0 Å². The summed E-state index contributed by atoms with van der Waals surface area (Å²) in [5.74, 6) is -0.821. The summed E-state index contributed by atoms with van der Waals surface area (Å²) in [5, 5.41) is 9.62. The van der Waals surface area contributed by atoms with E-state index in [1.807, 2.05) is 0 Å². The molecule has 1 aliphatic carbocycles. The van der Waals surface area contributed by atoms with E-state index < -0.39 is 11.4 Å². The van der Waals surface area contributed by atoms with Crippen LogP contribution in [0.3, 0.4) is 0 Å². The maximum atomic E-state index is 12.4. The van der Waals surface area contributed by atoms with Gasteiger partial charge in [0.1, 0.15) is 0 Å². The molecule has 0 spiro atoms. The molecule has 0 aromatic rings. The maximum absolute atomic E-state index is 12.4. The number of carbonyl (C=O) groups excluding carboxylic acids is 1. The van der Waals surface area contributed by atoms with Gasteiger partial charge in [-0.3, -0.25) is 9.59 Å². The molecule has 0 radical (unpaired) electrons. The van der Waals surface area contributed by atoms with Gasteiger partial charge in [0.15, 0.2) is 0 Å². The topological polar surface area (TPSA) is 83.6 Å². The first-order chi connectivity index (χ1) is 9.53. The van der Waals surface area contributed by atoms with E-state index in [9.17, 15) is 14.7 Å². The van der Waals surface area contributed by atoms with Crippen LogP contribution >= 0.6 is 0 Å². The van der Waals surface area contributed by atoms with Crippen molar-refractivity contribution in [1.82, 2.24) is 4.90 Å². The summed E-state index contributed by atoms with van der Waals surface area (Å²) >= 11 is 0. The molecule has 2 fully saturated rings. The fourth-order valence-electron chi connectivity index (χ4n) is 3.51. The van der Waals surface area contributed by atoms with Crippen LogP contribution in [0.25, 0.3) is 0 Å². The van der Waals surface area contributed by atoms with Crippen molar-refractivity contribution in [2.24, 2.45) is 11.1 Å². The zero-order valence-electron chi connectivity index (χ0n) is 12.1. The number of nitrogens with zero attached hydrogens (tertiary/aromatic N) is 1. The Morgan fingerprint density at radius 3 is 2.35 bits per heavy atom. The van der Waals surface area contributed by atoms with E-state index >= 15 is 0 Å². The van der Waals surface area contributed by atoms with E-state index in [4.69, 9.17) is 5.73 Å². The predicted molar refractivity (Wildman–Crippen MR) is 76.2 cm³/mol. The second kappa shape index (κ2) is 6.57. The number of aliphatic carboxylic acids is 1. The monoisotopic (exact) mass is 282 g/mol. The minimum absolute atomic E-state index is 0.0237. The molecule has 1 atom stereocenters. The van der Waals surface area contributed by atoms with Crippen LogP contribution in [0.4, 0.5) is 0 Å². The minimum Gasteiger partial charge on any atom is -0.481 e. The lowest BCUT2D eigenvalue weighted by molar-refractivity contribution is -0.155. The highest BCUT2D eigenvalue weighted by atomic mass is 16.4. The van der Waals surface area contributed by atoms with Gasteiger partial charge in [0.05, 0.1) is 5.41 Å². The molecule has 1 saturated carbocycles. The number of carboxylic acid groups (broad SMARTS) is 1. The van der Waals surface area contributed by atoms with Gasteiger partial charge in [-0.15, -0.1) is 0 Å². The van der Waals surface area contributed by atoms with Crippen LogP contribution in [0.15, 0.2) is 0 Å². The Hall–Kier alpha value is -1.10. The van der Waals surface area contributed by atoms with Crippen LogP contribution < -0.4 is 5.73 Å². The van der Waals surface area contributed by atoms with Crippen molar-refractivity contribution in [3.8, 4) is 0 Å². The molecule has 0 aromatic carbocycles. The summed E-state index contributed by atoms with van der Waals surface area (Å²) < 4.78 is 0. The summed E-state index contributed by atoms with van der Waals surface area (Å²) in [7, 11) is 0. The van der Waals surface area contributed by atoms with Gasteiger partial charge in [0, 0.05) is 25.6 Å². The fourth-order valence-corrected chi connectivity index (χ4v) is 3.51. The molecule has 0 aromatic heterocycles. The molecule has 1 unspecified atom stereocenters. The number of rotatable bonds is 3. The second-order valence-corrected chi connectivity index (χ2v) is 6.42. The number of likely N-dealkylation sites (tertiary alicyclic amines) is 1. The first-order valence-electron chi connectivity index (χ1n) is 7.80. The van der Waals surface area contributed by atoms with Crippen molar-refractivity contribution < 1.29 is 14.7 Å². The van der Waals surface area contributed by atoms with Crippen LogP contribution in [-0.2, 0) is 9.59 Å². The normalized spacial score (nSPS) is 26.9. The van der Waals surface area contributed by atoms with Crippen LogP contribution in [-0.4, -0.2) is 41.0 Å². The quantitative estimate of drug-likeness (QED) is 0.772. The van der Waals surface area contributed by atoms with E-state index in [1.165, 1.54) is 0 Å². The van der Waals surface area contributed by atoms with Gasteiger partial charge in [0.25, 0.3) is 0 Å². The molecule has 1 heterocycles. The third-order valence-corrected chi connectivity index (χ3v) is 4.81. The molecule has 2 aliphatic rings. The third-order valence-electron chi connectivity index (χ3n) is 4.81. The Morgan fingerprint density at radius 1 is 1.15 bits per heavy atom. The van der Waals surface area contributed by atoms with E-state index in [-0.39, 0.29) is 18.4 Å². The van der Waals surface area contributed by atoms with Crippen LogP contribution in [0.5, 0.6) is 0 Å². The molecule has 5 nitrogen and oxygen atoms in total. The van der Waals surface area contributed by atoms with Crippen molar-refractivity contribution >= 4 is 11.9 Å². The third kappa shape index (κ3) is 3.51. The zero-order chi connectivity index (χ0) is 14.6. The second-order valence-electron chi connectivity index (χ2n) is 6.42. The number of carboxylic acids is 1. The van der Waals surface area contributed by atoms with E-state index in [2.05, 4.69) is 0 Å². The smallest absolute Gasteiger partial charge is 0.310 e. The number of hydrogen-bond donors (Lipinski definition) is 2. The molecule has 20 heavy (non-hydrogen) atoms. The average Bonchev–Trinajstić information content (AvgIpc) is 2.65. The summed E-state index contributed by atoms with van der Waals surface area (Å²) in [6.07, 6.45) is 7.28. The number of nitrogens with two attached hydrogens (primary N) is 1. The molecule has 1 saturated heterocycles. The molecule has 1 amide bonds. The summed E-state index contributed by atoms with van der Waals surface area (Å²) in [4.78, 5) is 25.9. The SMILES string of the molecule is NC1CCCN(C(=O)CC2(C(=O)O)CCCCCC2)C1. The molecular weight excluding hydrogens is 256 g/mol. The number of carbonyl (C=O) groups is 2. The van der Waals surface area contributed by atoms with Gasteiger partial charge in [-0.2, -0.15) is 0 Å². The molecular formula is C15H26N2O3. The van der Waals surface area contributed by atoms with Gasteiger partial charge in [-0.05, 0) is 25.7 Å². The van der Waals surface area contributed by atoms with Crippen LogP contribution in [0, 0.1) is 5.41 Å². The first-order valence-corrected chi connectivity index (χ1v) is 7.80. The number of hydrogen-bond acceptors (Lipinski definition) is 3. The molecule has 3 N–H and O–H groups in total. The van der Waals surface area contributed by atoms with E-state index in [0.29, 0.717) is 19.4 Å². The summed E-state index contributed by atoms with van der Waals surface area (Å²) in [6.45, 7) is 1.30. The predicted octanol–water partition coefficient (Wildman–Crippen LogP) is 1.75. The van der Waals surface area contributed by atoms with Gasteiger partial charge < -0.3 is 15.7 Å². The Labute approximate surface area is 120 Å². The van der Waals surface area contributed by atoms with Crippen molar-refractivity contribution in [2.45, 2.75) is 63.8 Å². The first kappa shape index (κ1) is 15.3. The van der Waals surface area contributed by atoms with Crippen molar-refractivity contribution in [1.29, 1.82) is 0 Å². The molecule has 0 bridgehead atoms. The maximum Gasteiger partial charge on any atom is 0.310 e. The van der Waals surface area contributed by atoms with Crippen LogP contribution in [0.1, 0.15) is 57.8 Å². The lowest BCUT2D eigenvalue weighted by atomic mass is 9.77. The van der Waals surface area contributed by atoms with Crippen molar-refractivity contribution in [3.63, 3.8) is 0 Å². The minimum atomic E-state index is -0.838. The average molecular weight is 282 g/mol. The van der Waals surface area contributed by atoms with E-state index in [1.54, 1.807) is 4.90 Å². The van der Waals surface area contributed by atoms with Crippen LogP contribution in [0.2, 0.25) is 0 Å². The largest absolute Gasteiger partial charge is 0.481 e. The molecule has 2 rings (SSSR count). The molecule has 5 heteroatoms. The molecule has 114 valence electrons. The molecule has 1 aliphatic heterocycles. The van der Waals surface area contributed by atoms with E-state index in [0.717, 1.165) is 45.1 Å². The standard InChI is InChI=1S/C15H26N2O3/c16-12-6-5-9-17(11-12)13(18)10-15(14(19)20)7-3-1-2-4-8-15/h12H,1-11,16H2,(H,19,20). The number of piperidine rings is 1. The van der Waals surface area contributed by atoms with Gasteiger partial charge in [0.2, 0.25) is 5.91 Å². The lowest BCUT2D eigenvalue weighted by Gasteiger charge is -2.34. The van der Waals surface area contributed by atoms with Gasteiger partial charge in [-0.1, -0.05) is 25.7 Å². The Balaban J connectivity index is 2.03. The summed E-state index contributed by atoms with van der Waals surface area (Å²) in [6, 6.07) is 0.0441.